The van der Waals surface area contributed by atoms with E-state index in [1.807, 2.05) is 31.2 Å². The van der Waals surface area contributed by atoms with Crippen molar-refractivity contribution in [3.63, 3.8) is 0 Å². The molecule has 2 fully saturated rings. The maximum absolute atomic E-state index is 12.7. The molecule has 5 rings (SSSR count). The summed E-state index contributed by atoms with van der Waals surface area (Å²) in [6.07, 6.45) is 8.07. The van der Waals surface area contributed by atoms with Crippen LogP contribution in [-0.2, 0) is 4.79 Å². The van der Waals surface area contributed by atoms with Gasteiger partial charge in [0.1, 0.15) is 23.1 Å². The molecule has 1 aliphatic heterocycles. The molecule has 3 unspecified atom stereocenters. The number of allylic oxidation sites excluding steroid dienone is 2. The number of hydrogen-bond acceptors (Lipinski definition) is 5. The summed E-state index contributed by atoms with van der Waals surface area (Å²) in [5.41, 5.74) is 1.50. The van der Waals surface area contributed by atoms with Crippen LogP contribution in [0.4, 0.5) is 5.69 Å². The number of anilines is 1. The zero-order valence-corrected chi connectivity index (χ0v) is 18.2. The summed E-state index contributed by atoms with van der Waals surface area (Å²) in [5, 5.41) is 3.49. The maximum atomic E-state index is 12.7. The Balaban J connectivity index is 1.36. The van der Waals surface area contributed by atoms with Gasteiger partial charge < -0.3 is 19.4 Å². The summed E-state index contributed by atoms with van der Waals surface area (Å²) >= 11 is 0. The van der Waals surface area contributed by atoms with Gasteiger partial charge in [0.05, 0.1) is 0 Å². The quantitative estimate of drug-likeness (QED) is 0.760. The molecule has 2 heterocycles. The molecule has 162 valence electrons. The van der Waals surface area contributed by atoms with Gasteiger partial charge in [-0.1, -0.05) is 25.2 Å². The lowest BCUT2D eigenvalue weighted by Gasteiger charge is -2.29. The average molecular weight is 421 g/mol. The van der Waals surface area contributed by atoms with E-state index >= 15 is 0 Å². The van der Waals surface area contributed by atoms with E-state index in [1.165, 1.54) is 0 Å². The zero-order chi connectivity index (χ0) is 21.7. The van der Waals surface area contributed by atoms with Crippen LogP contribution in [0.5, 0.6) is 5.75 Å². The van der Waals surface area contributed by atoms with Gasteiger partial charge in [-0.05, 0) is 62.8 Å². The highest BCUT2D eigenvalue weighted by Gasteiger charge is 2.45. The molecule has 3 aliphatic rings. The fourth-order valence-corrected chi connectivity index (χ4v) is 4.72. The van der Waals surface area contributed by atoms with E-state index < -0.39 is 5.63 Å². The third kappa shape index (κ3) is 3.81. The number of carbonyl (C=O) groups excluding carboxylic acids is 1. The van der Waals surface area contributed by atoms with Crippen molar-refractivity contribution in [2.45, 2.75) is 32.8 Å². The number of rotatable bonds is 4. The number of benzene rings is 1. The van der Waals surface area contributed by atoms with Crippen LogP contribution in [0.1, 0.15) is 25.3 Å². The second kappa shape index (κ2) is 7.68. The van der Waals surface area contributed by atoms with Gasteiger partial charge in [-0.15, -0.1) is 0 Å². The van der Waals surface area contributed by atoms with Crippen LogP contribution >= 0.6 is 0 Å². The molecule has 6 nitrogen and oxygen atoms in total. The molecule has 3 atom stereocenters. The van der Waals surface area contributed by atoms with Gasteiger partial charge in [0.15, 0.2) is 0 Å². The highest BCUT2D eigenvalue weighted by atomic mass is 16.5. The normalized spacial score (nSPS) is 25.8. The summed E-state index contributed by atoms with van der Waals surface area (Å²) in [4.78, 5) is 27.6. The van der Waals surface area contributed by atoms with Crippen LogP contribution in [0, 0.1) is 24.7 Å². The fraction of sp³-hybridized carbons (Fsp3) is 0.440. The summed E-state index contributed by atoms with van der Waals surface area (Å²) in [7, 11) is 2.12. The Labute approximate surface area is 181 Å². The van der Waals surface area contributed by atoms with Crippen molar-refractivity contribution < 1.29 is 13.9 Å². The van der Waals surface area contributed by atoms with Crippen molar-refractivity contribution in [1.29, 1.82) is 0 Å². The number of fused-ring (bicyclic) bond motifs is 2. The molecule has 0 spiro atoms. The highest BCUT2D eigenvalue weighted by Crippen LogP contribution is 2.50. The SMILES string of the molecule is Cc1c(OC2CCN(C)CC2)ccc2cc(NC(=O)C3=CC4C(C)C4C=C3)c(=O)oc12. The molecule has 2 aromatic rings. The van der Waals surface area contributed by atoms with Gasteiger partial charge in [0, 0.05) is 29.6 Å². The van der Waals surface area contributed by atoms with E-state index in [0.29, 0.717) is 28.9 Å². The lowest BCUT2D eigenvalue weighted by molar-refractivity contribution is -0.112. The summed E-state index contributed by atoms with van der Waals surface area (Å²) < 4.78 is 11.8. The second-order valence-electron chi connectivity index (χ2n) is 9.12. The van der Waals surface area contributed by atoms with Crippen LogP contribution in [-0.4, -0.2) is 37.0 Å². The minimum Gasteiger partial charge on any atom is -0.490 e. The van der Waals surface area contributed by atoms with Crippen molar-refractivity contribution in [3.05, 3.63) is 58.0 Å². The van der Waals surface area contributed by atoms with Crippen molar-refractivity contribution >= 4 is 22.6 Å². The first-order valence-corrected chi connectivity index (χ1v) is 11.0. The number of nitrogens with zero attached hydrogens (tertiary/aromatic N) is 1. The molecule has 1 aromatic carbocycles. The molecule has 0 radical (unpaired) electrons. The third-order valence-electron chi connectivity index (χ3n) is 6.96. The first kappa shape index (κ1) is 20.1. The van der Waals surface area contributed by atoms with Crippen molar-refractivity contribution in [2.75, 3.05) is 25.5 Å². The number of hydrogen-bond donors (Lipinski definition) is 1. The summed E-state index contributed by atoms with van der Waals surface area (Å²) in [5.74, 6) is 2.04. The Hall–Kier alpha value is -2.86. The Bertz CT molecular complexity index is 1150. The monoisotopic (exact) mass is 420 g/mol. The number of aryl methyl sites for hydroxylation is 1. The largest absolute Gasteiger partial charge is 0.490 e. The van der Waals surface area contributed by atoms with E-state index in [1.54, 1.807) is 6.07 Å². The molecule has 6 heteroatoms. The standard InChI is InChI=1S/C25H28N2O4/c1-14-19-6-4-17(12-20(14)19)24(28)26-21-13-16-5-7-22(15(2)23(16)31-25(21)29)30-18-8-10-27(3)11-9-18/h4-7,12-14,18-20H,8-11H2,1-3H3,(H,26,28). The second-order valence-corrected chi connectivity index (χ2v) is 9.12. The predicted molar refractivity (Wildman–Crippen MR) is 120 cm³/mol. The Morgan fingerprint density at radius 1 is 1.23 bits per heavy atom. The van der Waals surface area contributed by atoms with Gasteiger partial charge in [-0.25, -0.2) is 4.79 Å². The van der Waals surface area contributed by atoms with E-state index in [0.717, 1.165) is 42.6 Å². The molecular formula is C25H28N2O4. The molecule has 1 aromatic heterocycles. The van der Waals surface area contributed by atoms with Gasteiger partial charge in [0.25, 0.3) is 5.91 Å². The molecule has 31 heavy (non-hydrogen) atoms. The molecule has 1 saturated heterocycles. The van der Waals surface area contributed by atoms with Crippen LogP contribution < -0.4 is 15.7 Å². The Morgan fingerprint density at radius 2 is 2.00 bits per heavy atom. The minimum atomic E-state index is -0.557. The van der Waals surface area contributed by atoms with Gasteiger partial charge in [-0.2, -0.15) is 0 Å². The van der Waals surface area contributed by atoms with Crippen molar-refractivity contribution in [2.24, 2.45) is 17.8 Å². The summed E-state index contributed by atoms with van der Waals surface area (Å²) in [6.45, 7) is 6.11. The van der Waals surface area contributed by atoms with E-state index in [2.05, 4.69) is 30.3 Å². The number of ether oxygens (including phenoxy) is 1. The van der Waals surface area contributed by atoms with Crippen LogP contribution in [0.15, 0.2) is 51.2 Å². The number of carbonyl (C=O) groups is 1. The van der Waals surface area contributed by atoms with Crippen LogP contribution in [0.25, 0.3) is 11.0 Å². The van der Waals surface area contributed by atoms with Gasteiger partial charge >= 0.3 is 5.63 Å². The molecule has 0 bridgehead atoms. The van der Waals surface area contributed by atoms with Crippen molar-refractivity contribution in [3.8, 4) is 5.75 Å². The Morgan fingerprint density at radius 3 is 2.74 bits per heavy atom. The number of amides is 1. The Kier molecular flexibility index (Phi) is 4.97. The maximum Gasteiger partial charge on any atom is 0.360 e. The topological polar surface area (TPSA) is 71.8 Å². The van der Waals surface area contributed by atoms with Gasteiger partial charge in [-0.3, -0.25) is 4.79 Å². The van der Waals surface area contributed by atoms with E-state index in [4.69, 9.17) is 9.15 Å². The first-order valence-electron chi connectivity index (χ1n) is 11.0. The highest BCUT2D eigenvalue weighted by molar-refractivity contribution is 6.06. The van der Waals surface area contributed by atoms with Crippen LogP contribution in [0.3, 0.4) is 0 Å². The third-order valence-corrected chi connectivity index (χ3v) is 6.96. The smallest absolute Gasteiger partial charge is 0.360 e. The minimum absolute atomic E-state index is 0.154. The molecule has 2 aliphatic carbocycles. The van der Waals surface area contributed by atoms with E-state index in [-0.39, 0.29) is 17.7 Å². The molecule has 1 saturated carbocycles. The fourth-order valence-electron chi connectivity index (χ4n) is 4.72. The van der Waals surface area contributed by atoms with E-state index in [9.17, 15) is 9.59 Å². The number of nitrogens with one attached hydrogen (secondary N) is 1. The molecule has 1 amide bonds. The summed E-state index contributed by atoms with van der Waals surface area (Å²) in [6, 6.07) is 5.48. The molecule has 1 N–H and O–H groups in total. The lowest BCUT2D eigenvalue weighted by Crippen LogP contribution is -2.35. The van der Waals surface area contributed by atoms with Gasteiger partial charge in [0.2, 0.25) is 0 Å². The number of piperidine rings is 1. The van der Waals surface area contributed by atoms with Crippen molar-refractivity contribution in [1.82, 2.24) is 4.90 Å². The number of likely N-dealkylation sites (tertiary alicyclic amines) is 1. The van der Waals surface area contributed by atoms with Crippen LogP contribution in [0.2, 0.25) is 0 Å². The first-order chi connectivity index (χ1) is 14.9. The predicted octanol–water partition coefficient (Wildman–Crippen LogP) is 3.89. The zero-order valence-electron chi connectivity index (χ0n) is 18.2. The lowest BCUT2D eigenvalue weighted by atomic mass is 10.1. The average Bonchev–Trinajstić information content (AvgIpc) is 3.42. The molecular weight excluding hydrogens is 392 g/mol.